The Labute approximate surface area is 142 Å². The molecule has 0 amide bonds. The highest BCUT2D eigenvalue weighted by Crippen LogP contribution is 2.30. The highest BCUT2D eigenvalue weighted by molar-refractivity contribution is 7.93. The Kier molecular flexibility index (Phi) is 4.99. The van der Waals surface area contributed by atoms with Crippen molar-refractivity contribution in [1.29, 1.82) is 0 Å². The predicted octanol–water partition coefficient (Wildman–Crippen LogP) is 3.28. The van der Waals surface area contributed by atoms with Crippen LogP contribution in [0.5, 0.6) is 0 Å². The Balaban J connectivity index is 2.66. The number of anilines is 1. The number of aliphatic carboxylic acids is 1. The molecule has 24 heavy (non-hydrogen) atoms. The van der Waals surface area contributed by atoms with E-state index in [9.17, 15) is 18.3 Å². The fraction of sp³-hybridized carbons (Fsp3) is 0.278. The zero-order valence-corrected chi connectivity index (χ0v) is 15.0. The molecule has 2 rings (SSSR count). The fourth-order valence-electron chi connectivity index (χ4n) is 2.52. The van der Waals surface area contributed by atoms with Gasteiger partial charge in [0.15, 0.2) is 0 Å². The molecule has 1 N–H and O–H groups in total. The number of sulfonamides is 1. The zero-order chi connectivity index (χ0) is 18.1. The van der Waals surface area contributed by atoms with Crippen molar-refractivity contribution in [2.24, 2.45) is 0 Å². The molecular weight excluding hydrogens is 326 g/mol. The van der Waals surface area contributed by atoms with E-state index >= 15 is 0 Å². The molecule has 0 bridgehead atoms. The van der Waals surface area contributed by atoms with Crippen LogP contribution in [0.2, 0.25) is 0 Å². The second-order valence-corrected chi connectivity index (χ2v) is 7.73. The van der Waals surface area contributed by atoms with Crippen molar-refractivity contribution in [3.63, 3.8) is 0 Å². The summed E-state index contributed by atoms with van der Waals surface area (Å²) in [5.74, 6) is -1.20. The highest BCUT2D eigenvalue weighted by atomic mass is 32.2. The first-order valence-electron chi connectivity index (χ1n) is 7.55. The molecule has 0 saturated carbocycles. The molecule has 0 saturated heterocycles. The van der Waals surface area contributed by atoms with E-state index in [-0.39, 0.29) is 4.90 Å². The minimum atomic E-state index is -4.00. The van der Waals surface area contributed by atoms with Crippen LogP contribution in [-0.4, -0.2) is 25.5 Å². The lowest BCUT2D eigenvalue weighted by molar-refractivity contribution is -0.137. The number of rotatable bonds is 5. The second kappa shape index (κ2) is 6.65. The summed E-state index contributed by atoms with van der Waals surface area (Å²) in [5.41, 5.74) is 2.99. The maximum Gasteiger partial charge on any atom is 0.327 e. The number of hydrogen-bond acceptors (Lipinski definition) is 3. The Bertz CT molecular complexity index is 857. The molecule has 128 valence electrons. The molecule has 1 atom stereocenters. The smallest absolute Gasteiger partial charge is 0.327 e. The Hall–Kier alpha value is -2.34. The number of nitrogens with zero attached hydrogens (tertiary/aromatic N) is 1. The van der Waals surface area contributed by atoms with Crippen LogP contribution >= 0.6 is 0 Å². The van der Waals surface area contributed by atoms with Crippen LogP contribution in [0.25, 0.3) is 0 Å². The van der Waals surface area contributed by atoms with Crippen LogP contribution in [-0.2, 0) is 14.8 Å². The molecule has 0 spiro atoms. The molecule has 2 aromatic carbocycles. The summed E-state index contributed by atoms with van der Waals surface area (Å²) >= 11 is 0. The first-order chi connectivity index (χ1) is 11.1. The molecule has 6 heteroatoms. The van der Waals surface area contributed by atoms with Gasteiger partial charge in [-0.2, -0.15) is 0 Å². The average molecular weight is 347 g/mol. The number of carboxylic acids is 1. The third-order valence-electron chi connectivity index (χ3n) is 3.88. The van der Waals surface area contributed by atoms with Crippen molar-refractivity contribution >= 4 is 21.7 Å². The molecule has 5 nitrogen and oxygen atoms in total. The van der Waals surface area contributed by atoms with Gasteiger partial charge in [-0.1, -0.05) is 35.4 Å². The van der Waals surface area contributed by atoms with Gasteiger partial charge in [0.1, 0.15) is 6.04 Å². The topological polar surface area (TPSA) is 74.7 Å². The average Bonchev–Trinajstić information content (AvgIpc) is 2.49. The molecule has 1 unspecified atom stereocenters. The van der Waals surface area contributed by atoms with Gasteiger partial charge in [0.25, 0.3) is 10.0 Å². The van der Waals surface area contributed by atoms with Crippen LogP contribution in [0, 0.1) is 20.8 Å². The predicted molar refractivity (Wildman–Crippen MR) is 93.9 cm³/mol. The molecule has 0 aliphatic carbocycles. The van der Waals surface area contributed by atoms with E-state index < -0.39 is 22.0 Å². The maximum absolute atomic E-state index is 13.1. The first-order valence-corrected chi connectivity index (χ1v) is 9.00. The lowest BCUT2D eigenvalue weighted by Crippen LogP contribution is -2.43. The van der Waals surface area contributed by atoms with Gasteiger partial charge >= 0.3 is 5.97 Å². The lowest BCUT2D eigenvalue weighted by atomic mass is 10.1. The van der Waals surface area contributed by atoms with E-state index in [2.05, 4.69) is 0 Å². The van der Waals surface area contributed by atoms with Gasteiger partial charge in [-0.25, -0.2) is 13.2 Å². The fourth-order valence-corrected chi connectivity index (χ4v) is 4.20. The van der Waals surface area contributed by atoms with Crippen LogP contribution in [0.4, 0.5) is 5.69 Å². The van der Waals surface area contributed by atoms with Crippen molar-refractivity contribution in [3.05, 3.63) is 59.2 Å². The van der Waals surface area contributed by atoms with Gasteiger partial charge in [-0.15, -0.1) is 0 Å². The summed E-state index contributed by atoms with van der Waals surface area (Å²) in [7, 11) is -4.00. The van der Waals surface area contributed by atoms with Gasteiger partial charge in [-0.3, -0.25) is 4.31 Å². The van der Waals surface area contributed by atoms with Gasteiger partial charge in [0, 0.05) is 0 Å². The van der Waals surface area contributed by atoms with E-state index in [4.69, 9.17) is 0 Å². The molecule has 0 radical (unpaired) electrons. The number of carboxylic acid groups (broad SMARTS) is 1. The Morgan fingerprint density at radius 2 is 1.54 bits per heavy atom. The molecule has 0 aliphatic heterocycles. The van der Waals surface area contributed by atoms with Crippen molar-refractivity contribution < 1.29 is 18.3 Å². The molecule has 0 aliphatic rings. The summed E-state index contributed by atoms with van der Waals surface area (Å²) in [4.78, 5) is 11.6. The van der Waals surface area contributed by atoms with Gasteiger partial charge < -0.3 is 5.11 Å². The number of hydrogen-bond donors (Lipinski definition) is 1. The molecular formula is C18H21NO4S. The summed E-state index contributed by atoms with van der Waals surface area (Å²) in [6, 6.07) is 10.4. The SMILES string of the molecule is Cc1ccc(S(=O)(=O)N(c2ccc(C)cc2C)C(C)C(=O)O)cc1. The summed E-state index contributed by atoms with van der Waals surface area (Å²) in [6.07, 6.45) is 0. The molecule has 0 heterocycles. The number of carbonyl (C=O) groups is 1. The standard InChI is InChI=1S/C18H21NO4S/c1-12-5-8-16(9-6-12)24(22,23)19(15(4)18(20)21)17-10-7-13(2)11-14(17)3/h5-11,15H,1-4H3,(H,20,21). The number of benzene rings is 2. The molecule has 2 aromatic rings. The van der Waals surface area contributed by atoms with Crippen LogP contribution in [0.15, 0.2) is 47.4 Å². The second-order valence-electron chi connectivity index (χ2n) is 5.92. The van der Waals surface area contributed by atoms with Crippen molar-refractivity contribution in [3.8, 4) is 0 Å². The summed E-state index contributed by atoms with van der Waals surface area (Å²) < 4.78 is 27.2. The van der Waals surface area contributed by atoms with Crippen molar-refractivity contribution in [2.75, 3.05) is 4.31 Å². The van der Waals surface area contributed by atoms with Crippen LogP contribution < -0.4 is 4.31 Å². The first kappa shape index (κ1) is 18.0. The van der Waals surface area contributed by atoms with E-state index in [1.54, 1.807) is 31.2 Å². The monoisotopic (exact) mass is 347 g/mol. The third-order valence-corrected chi connectivity index (χ3v) is 5.78. The van der Waals surface area contributed by atoms with E-state index in [1.165, 1.54) is 19.1 Å². The van der Waals surface area contributed by atoms with Crippen molar-refractivity contribution in [2.45, 2.75) is 38.6 Å². The summed E-state index contributed by atoms with van der Waals surface area (Å²) in [6.45, 7) is 6.90. The van der Waals surface area contributed by atoms with Crippen LogP contribution in [0.1, 0.15) is 23.6 Å². The van der Waals surface area contributed by atoms with Gasteiger partial charge in [0.2, 0.25) is 0 Å². The minimum Gasteiger partial charge on any atom is -0.480 e. The van der Waals surface area contributed by atoms with Gasteiger partial charge in [0.05, 0.1) is 10.6 Å². The zero-order valence-electron chi connectivity index (χ0n) is 14.1. The van der Waals surface area contributed by atoms with E-state index in [0.29, 0.717) is 11.3 Å². The summed E-state index contributed by atoms with van der Waals surface area (Å²) in [5, 5.41) is 9.41. The minimum absolute atomic E-state index is 0.0705. The third kappa shape index (κ3) is 3.43. The highest BCUT2D eigenvalue weighted by Gasteiger charge is 2.34. The lowest BCUT2D eigenvalue weighted by Gasteiger charge is -2.29. The quantitative estimate of drug-likeness (QED) is 0.901. The number of aryl methyl sites for hydroxylation is 3. The Morgan fingerprint density at radius 3 is 2.04 bits per heavy atom. The molecule has 0 aromatic heterocycles. The van der Waals surface area contributed by atoms with E-state index in [1.807, 2.05) is 19.9 Å². The Morgan fingerprint density at radius 1 is 1.00 bits per heavy atom. The normalized spacial score (nSPS) is 12.7. The maximum atomic E-state index is 13.1. The van der Waals surface area contributed by atoms with Crippen LogP contribution in [0.3, 0.4) is 0 Å². The molecule has 0 fully saturated rings. The largest absolute Gasteiger partial charge is 0.480 e. The van der Waals surface area contributed by atoms with Gasteiger partial charge in [-0.05, 0) is 51.5 Å². The van der Waals surface area contributed by atoms with E-state index in [0.717, 1.165) is 15.4 Å². The van der Waals surface area contributed by atoms with Crippen molar-refractivity contribution in [1.82, 2.24) is 0 Å².